The Bertz CT molecular complexity index is 324. The second-order valence-corrected chi connectivity index (χ2v) is 4.47. The summed E-state index contributed by atoms with van der Waals surface area (Å²) < 4.78 is 5.48. The van der Waals surface area contributed by atoms with Gasteiger partial charge in [-0.1, -0.05) is 32.9 Å². The number of aryl methyl sites for hydroxylation is 1. The van der Waals surface area contributed by atoms with Crippen molar-refractivity contribution in [2.45, 2.75) is 46.0 Å². The van der Waals surface area contributed by atoms with E-state index >= 15 is 0 Å². The van der Waals surface area contributed by atoms with Crippen LogP contribution in [0.2, 0.25) is 0 Å². The van der Waals surface area contributed by atoms with Crippen molar-refractivity contribution in [2.24, 2.45) is 0 Å². The van der Waals surface area contributed by atoms with E-state index in [1.165, 1.54) is 11.1 Å². The van der Waals surface area contributed by atoms with E-state index in [0.29, 0.717) is 0 Å². The Morgan fingerprint density at radius 2 is 1.80 bits per heavy atom. The summed E-state index contributed by atoms with van der Waals surface area (Å²) in [5, 5.41) is 0. The fraction of sp³-hybridized carbons (Fsp3) is 0.571. The van der Waals surface area contributed by atoms with Crippen LogP contribution in [0.3, 0.4) is 0 Å². The van der Waals surface area contributed by atoms with Crippen LogP contribution in [0.1, 0.15) is 44.7 Å². The smallest absolute Gasteiger partial charge is 0.122 e. The van der Waals surface area contributed by atoms with Crippen LogP contribution in [-0.2, 0) is 5.41 Å². The van der Waals surface area contributed by atoms with Gasteiger partial charge in [-0.05, 0) is 36.8 Å². The van der Waals surface area contributed by atoms with Gasteiger partial charge in [-0.3, -0.25) is 0 Å². The van der Waals surface area contributed by atoms with Gasteiger partial charge in [0.15, 0.2) is 0 Å². The zero-order valence-electron chi connectivity index (χ0n) is 10.6. The van der Waals surface area contributed by atoms with Gasteiger partial charge >= 0.3 is 0 Å². The molecule has 0 aliphatic carbocycles. The highest BCUT2D eigenvalue weighted by atomic mass is 16.5. The maximum absolute atomic E-state index is 5.48. The number of hydrogen-bond donors (Lipinski definition) is 0. The van der Waals surface area contributed by atoms with Crippen molar-refractivity contribution in [3.8, 4) is 5.75 Å². The molecule has 0 heterocycles. The molecule has 0 aliphatic heterocycles. The van der Waals surface area contributed by atoms with Crippen molar-refractivity contribution in [1.29, 1.82) is 0 Å². The fourth-order valence-corrected chi connectivity index (χ4v) is 1.93. The summed E-state index contributed by atoms with van der Waals surface area (Å²) >= 11 is 0. The van der Waals surface area contributed by atoms with Gasteiger partial charge in [0, 0.05) is 5.56 Å². The molecule has 0 radical (unpaired) electrons. The maximum Gasteiger partial charge on any atom is 0.122 e. The average molecular weight is 206 g/mol. The zero-order chi connectivity index (χ0) is 11.5. The molecular weight excluding hydrogens is 184 g/mol. The fourth-order valence-electron chi connectivity index (χ4n) is 1.93. The van der Waals surface area contributed by atoms with Gasteiger partial charge in [-0.15, -0.1) is 0 Å². The van der Waals surface area contributed by atoms with Crippen molar-refractivity contribution in [1.82, 2.24) is 0 Å². The molecule has 0 saturated carbocycles. The minimum absolute atomic E-state index is 0.235. The third kappa shape index (κ3) is 2.34. The molecule has 1 rings (SSSR count). The molecule has 1 heteroatoms. The molecule has 0 atom stereocenters. The molecule has 1 nitrogen and oxygen atoms in total. The van der Waals surface area contributed by atoms with Gasteiger partial charge in [-0.2, -0.15) is 0 Å². The lowest BCUT2D eigenvalue weighted by atomic mass is 9.77. The largest absolute Gasteiger partial charge is 0.496 e. The molecule has 0 N–H and O–H groups in total. The van der Waals surface area contributed by atoms with Crippen molar-refractivity contribution >= 4 is 0 Å². The van der Waals surface area contributed by atoms with Crippen LogP contribution in [-0.4, -0.2) is 7.11 Å². The van der Waals surface area contributed by atoms with Crippen LogP contribution in [0.25, 0.3) is 0 Å². The van der Waals surface area contributed by atoms with Crippen molar-refractivity contribution in [3.05, 3.63) is 29.3 Å². The van der Waals surface area contributed by atoms with E-state index in [4.69, 9.17) is 4.74 Å². The molecule has 0 saturated heterocycles. The normalized spacial score (nSPS) is 11.5. The predicted octanol–water partition coefficient (Wildman–Crippen LogP) is 4.08. The summed E-state index contributed by atoms with van der Waals surface area (Å²) in [5.41, 5.74) is 2.82. The minimum atomic E-state index is 0.235. The molecule has 0 aromatic heterocycles. The summed E-state index contributed by atoms with van der Waals surface area (Å²) in [6, 6.07) is 6.50. The second kappa shape index (κ2) is 4.69. The Morgan fingerprint density at radius 3 is 2.27 bits per heavy atom. The molecule has 0 amide bonds. The summed E-state index contributed by atoms with van der Waals surface area (Å²) in [5.74, 6) is 1.03. The highest BCUT2D eigenvalue weighted by Gasteiger charge is 2.25. The minimum Gasteiger partial charge on any atom is -0.496 e. The van der Waals surface area contributed by atoms with Crippen LogP contribution in [0, 0.1) is 6.92 Å². The lowest BCUT2D eigenvalue weighted by Gasteiger charge is -2.29. The van der Waals surface area contributed by atoms with Crippen molar-refractivity contribution in [3.63, 3.8) is 0 Å². The molecule has 84 valence electrons. The summed E-state index contributed by atoms with van der Waals surface area (Å²) in [7, 11) is 1.75. The zero-order valence-corrected chi connectivity index (χ0v) is 10.6. The second-order valence-electron chi connectivity index (χ2n) is 4.47. The SMILES string of the molecule is CCC(C)(CC)c1ccc(C)cc1OC. The summed E-state index contributed by atoms with van der Waals surface area (Å²) in [4.78, 5) is 0. The summed E-state index contributed by atoms with van der Waals surface area (Å²) in [6.45, 7) is 8.88. The number of rotatable bonds is 4. The highest BCUT2D eigenvalue weighted by Crippen LogP contribution is 2.37. The molecule has 15 heavy (non-hydrogen) atoms. The van der Waals surface area contributed by atoms with E-state index in [1.54, 1.807) is 7.11 Å². The van der Waals surface area contributed by atoms with Gasteiger partial charge in [0.1, 0.15) is 5.75 Å². The molecule has 0 spiro atoms. The van der Waals surface area contributed by atoms with E-state index in [1.807, 2.05) is 0 Å². The van der Waals surface area contributed by atoms with Crippen LogP contribution in [0.5, 0.6) is 5.75 Å². The van der Waals surface area contributed by atoms with Crippen LogP contribution in [0.4, 0.5) is 0 Å². The Morgan fingerprint density at radius 1 is 1.20 bits per heavy atom. The third-order valence-corrected chi connectivity index (χ3v) is 3.57. The molecule has 0 bridgehead atoms. The van der Waals surface area contributed by atoms with Gasteiger partial charge in [0.05, 0.1) is 7.11 Å². The average Bonchev–Trinajstić information content (AvgIpc) is 2.27. The maximum atomic E-state index is 5.48. The topological polar surface area (TPSA) is 9.23 Å². The first-order chi connectivity index (χ1) is 7.07. The number of hydrogen-bond acceptors (Lipinski definition) is 1. The summed E-state index contributed by atoms with van der Waals surface area (Å²) in [6.07, 6.45) is 2.28. The molecule has 0 aliphatic rings. The molecule has 1 aromatic carbocycles. The van der Waals surface area contributed by atoms with Crippen molar-refractivity contribution < 1.29 is 4.74 Å². The van der Waals surface area contributed by atoms with Gasteiger partial charge < -0.3 is 4.74 Å². The quantitative estimate of drug-likeness (QED) is 0.721. The lowest BCUT2D eigenvalue weighted by Crippen LogP contribution is -2.20. The van der Waals surface area contributed by atoms with Gasteiger partial charge in [0.25, 0.3) is 0 Å². The van der Waals surface area contributed by atoms with Crippen molar-refractivity contribution in [2.75, 3.05) is 7.11 Å². The Balaban J connectivity index is 3.23. The third-order valence-electron chi connectivity index (χ3n) is 3.57. The van der Waals surface area contributed by atoms with E-state index in [9.17, 15) is 0 Å². The van der Waals surface area contributed by atoms with E-state index < -0.39 is 0 Å². The molecular formula is C14H22O. The number of ether oxygens (including phenoxy) is 1. The van der Waals surface area contributed by atoms with E-state index in [0.717, 1.165) is 18.6 Å². The van der Waals surface area contributed by atoms with Crippen LogP contribution < -0.4 is 4.74 Å². The van der Waals surface area contributed by atoms with Crippen LogP contribution >= 0.6 is 0 Å². The van der Waals surface area contributed by atoms with Crippen LogP contribution in [0.15, 0.2) is 18.2 Å². The molecule has 0 unspecified atom stereocenters. The molecule has 1 aromatic rings. The first-order valence-corrected chi connectivity index (χ1v) is 5.72. The number of benzene rings is 1. The predicted molar refractivity (Wildman–Crippen MR) is 65.7 cm³/mol. The Kier molecular flexibility index (Phi) is 3.78. The van der Waals surface area contributed by atoms with Gasteiger partial charge in [-0.25, -0.2) is 0 Å². The first-order valence-electron chi connectivity index (χ1n) is 5.72. The lowest BCUT2D eigenvalue weighted by molar-refractivity contribution is 0.373. The highest BCUT2D eigenvalue weighted by molar-refractivity contribution is 5.41. The number of methoxy groups -OCH3 is 1. The Hall–Kier alpha value is -0.980. The van der Waals surface area contributed by atoms with Gasteiger partial charge in [0.2, 0.25) is 0 Å². The first kappa shape index (κ1) is 12.1. The monoisotopic (exact) mass is 206 g/mol. The van der Waals surface area contributed by atoms with E-state index in [-0.39, 0.29) is 5.41 Å². The Labute approximate surface area is 93.5 Å². The standard InChI is InChI=1S/C14H22O/c1-6-14(4,7-2)12-9-8-11(3)10-13(12)15-5/h8-10H,6-7H2,1-5H3. The van der Waals surface area contributed by atoms with E-state index in [2.05, 4.69) is 45.9 Å². The molecule has 0 fully saturated rings.